The summed E-state index contributed by atoms with van der Waals surface area (Å²) in [6.45, 7) is 2.13. The second-order valence-corrected chi connectivity index (χ2v) is 6.81. The Balaban J connectivity index is 1.41. The molecule has 2 aliphatic rings. The lowest BCUT2D eigenvalue weighted by molar-refractivity contribution is -0.122. The molecule has 0 bridgehead atoms. The van der Waals surface area contributed by atoms with E-state index in [1.165, 1.54) is 0 Å². The number of benzene rings is 1. The summed E-state index contributed by atoms with van der Waals surface area (Å²) in [5.74, 6) is 0.0336. The number of hydrogen-bond donors (Lipinski definition) is 2. The van der Waals surface area contributed by atoms with E-state index in [2.05, 4.69) is 15.5 Å². The monoisotopic (exact) mass is 335 g/mol. The zero-order valence-corrected chi connectivity index (χ0v) is 13.8. The third-order valence-corrected chi connectivity index (χ3v) is 4.55. The molecular weight excluding hydrogens is 314 g/mol. The largest absolute Gasteiger partial charge is 0.352 e. The first kappa shape index (κ1) is 16.3. The SMILES string of the molecule is O=C(CN1CCC(NC(=O)c2cccc(Cl)c2)CC1)NC1CC1. The van der Waals surface area contributed by atoms with Gasteiger partial charge in [-0.25, -0.2) is 0 Å². The van der Waals surface area contributed by atoms with Crippen LogP contribution >= 0.6 is 11.6 Å². The second-order valence-electron chi connectivity index (χ2n) is 6.38. The van der Waals surface area contributed by atoms with Crippen molar-refractivity contribution in [3.05, 3.63) is 34.9 Å². The van der Waals surface area contributed by atoms with Gasteiger partial charge < -0.3 is 10.6 Å². The zero-order valence-electron chi connectivity index (χ0n) is 13.1. The fraction of sp³-hybridized carbons (Fsp3) is 0.529. The maximum atomic E-state index is 12.2. The molecule has 23 heavy (non-hydrogen) atoms. The van der Waals surface area contributed by atoms with E-state index in [0.717, 1.165) is 38.8 Å². The van der Waals surface area contributed by atoms with E-state index in [4.69, 9.17) is 11.6 Å². The lowest BCUT2D eigenvalue weighted by Crippen LogP contribution is -2.47. The Morgan fingerprint density at radius 3 is 2.43 bits per heavy atom. The summed E-state index contributed by atoms with van der Waals surface area (Å²) in [4.78, 5) is 26.2. The van der Waals surface area contributed by atoms with E-state index in [1.807, 2.05) is 0 Å². The van der Waals surface area contributed by atoms with Gasteiger partial charge in [-0.3, -0.25) is 14.5 Å². The summed E-state index contributed by atoms with van der Waals surface area (Å²) < 4.78 is 0. The van der Waals surface area contributed by atoms with Crippen molar-refractivity contribution in [1.82, 2.24) is 15.5 Å². The van der Waals surface area contributed by atoms with E-state index in [9.17, 15) is 9.59 Å². The number of nitrogens with one attached hydrogen (secondary N) is 2. The maximum Gasteiger partial charge on any atom is 0.251 e. The number of nitrogens with zero attached hydrogens (tertiary/aromatic N) is 1. The van der Waals surface area contributed by atoms with E-state index < -0.39 is 0 Å². The Morgan fingerprint density at radius 2 is 1.78 bits per heavy atom. The molecule has 0 radical (unpaired) electrons. The first-order chi connectivity index (χ1) is 11.1. The van der Waals surface area contributed by atoms with Crippen LogP contribution in [0.4, 0.5) is 0 Å². The molecule has 1 aromatic rings. The lowest BCUT2D eigenvalue weighted by Gasteiger charge is -2.31. The van der Waals surface area contributed by atoms with Gasteiger partial charge in [-0.05, 0) is 43.9 Å². The molecule has 5 nitrogen and oxygen atoms in total. The van der Waals surface area contributed by atoms with E-state index in [0.29, 0.717) is 23.2 Å². The van der Waals surface area contributed by atoms with Crippen LogP contribution in [-0.4, -0.2) is 48.4 Å². The second kappa shape index (κ2) is 7.32. The van der Waals surface area contributed by atoms with Gasteiger partial charge in [0.05, 0.1) is 6.54 Å². The molecule has 124 valence electrons. The Labute approximate surface area is 141 Å². The highest BCUT2D eigenvalue weighted by Crippen LogP contribution is 2.18. The number of rotatable bonds is 5. The van der Waals surface area contributed by atoms with Crippen LogP contribution in [0.3, 0.4) is 0 Å². The Hall–Kier alpha value is -1.59. The molecule has 6 heteroatoms. The van der Waals surface area contributed by atoms with Gasteiger partial charge in [0, 0.05) is 35.8 Å². The predicted octanol–water partition coefficient (Wildman–Crippen LogP) is 1.81. The van der Waals surface area contributed by atoms with Gasteiger partial charge in [0.2, 0.25) is 5.91 Å². The van der Waals surface area contributed by atoms with Crippen molar-refractivity contribution in [3.63, 3.8) is 0 Å². The van der Waals surface area contributed by atoms with Gasteiger partial charge in [-0.2, -0.15) is 0 Å². The van der Waals surface area contributed by atoms with Gasteiger partial charge >= 0.3 is 0 Å². The molecule has 0 spiro atoms. The zero-order chi connectivity index (χ0) is 16.2. The molecule has 2 fully saturated rings. The van der Waals surface area contributed by atoms with E-state index in [-0.39, 0.29) is 17.9 Å². The topological polar surface area (TPSA) is 61.4 Å². The van der Waals surface area contributed by atoms with Crippen LogP contribution < -0.4 is 10.6 Å². The van der Waals surface area contributed by atoms with Gasteiger partial charge in [0.1, 0.15) is 0 Å². The molecule has 2 N–H and O–H groups in total. The summed E-state index contributed by atoms with van der Waals surface area (Å²) in [6, 6.07) is 7.54. The van der Waals surface area contributed by atoms with Crippen molar-refractivity contribution in [2.24, 2.45) is 0 Å². The highest BCUT2D eigenvalue weighted by molar-refractivity contribution is 6.30. The molecule has 0 atom stereocenters. The van der Waals surface area contributed by atoms with Gasteiger partial charge in [-0.15, -0.1) is 0 Å². The Morgan fingerprint density at radius 1 is 1.09 bits per heavy atom. The van der Waals surface area contributed by atoms with Crippen molar-refractivity contribution in [3.8, 4) is 0 Å². The Bertz CT molecular complexity index is 581. The summed E-state index contributed by atoms with van der Waals surface area (Å²) in [6.07, 6.45) is 3.96. The van der Waals surface area contributed by atoms with Gasteiger partial charge in [0.15, 0.2) is 0 Å². The first-order valence-corrected chi connectivity index (χ1v) is 8.56. The fourth-order valence-corrected chi connectivity index (χ4v) is 3.03. The summed E-state index contributed by atoms with van der Waals surface area (Å²) >= 11 is 5.92. The molecule has 1 aromatic carbocycles. The molecular formula is C17H22ClN3O2. The van der Waals surface area contributed by atoms with E-state index in [1.54, 1.807) is 24.3 Å². The third-order valence-electron chi connectivity index (χ3n) is 4.32. The molecule has 1 aliphatic carbocycles. The van der Waals surface area contributed by atoms with Crippen molar-refractivity contribution >= 4 is 23.4 Å². The van der Waals surface area contributed by atoms with Crippen molar-refractivity contribution in [2.45, 2.75) is 37.8 Å². The minimum Gasteiger partial charge on any atom is -0.352 e. The number of carbonyl (C=O) groups is 2. The highest BCUT2D eigenvalue weighted by Gasteiger charge is 2.26. The molecule has 2 amide bonds. The Kier molecular flexibility index (Phi) is 5.18. The first-order valence-electron chi connectivity index (χ1n) is 8.18. The number of amides is 2. The predicted molar refractivity (Wildman–Crippen MR) is 89.5 cm³/mol. The number of piperidine rings is 1. The standard InChI is InChI=1S/C17H22ClN3O2/c18-13-3-1-2-12(10-13)17(23)20-15-6-8-21(9-7-15)11-16(22)19-14-4-5-14/h1-3,10,14-15H,4-9,11H2,(H,19,22)(H,20,23). The fourth-order valence-electron chi connectivity index (χ4n) is 2.84. The van der Waals surface area contributed by atoms with Crippen LogP contribution in [0, 0.1) is 0 Å². The van der Waals surface area contributed by atoms with Crippen molar-refractivity contribution < 1.29 is 9.59 Å². The van der Waals surface area contributed by atoms with Gasteiger partial charge in [0.25, 0.3) is 5.91 Å². The third kappa shape index (κ3) is 4.94. The van der Waals surface area contributed by atoms with Crippen LogP contribution in [0.2, 0.25) is 5.02 Å². The molecule has 1 saturated carbocycles. The molecule has 0 unspecified atom stereocenters. The lowest BCUT2D eigenvalue weighted by atomic mass is 10.0. The summed E-state index contributed by atoms with van der Waals surface area (Å²) in [5.41, 5.74) is 0.587. The number of hydrogen-bond acceptors (Lipinski definition) is 3. The van der Waals surface area contributed by atoms with Gasteiger partial charge in [-0.1, -0.05) is 17.7 Å². The minimum absolute atomic E-state index is 0.0857. The van der Waals surface area contributed by atoms with Crippen molar-refractivity contribution in [2.75, 3.05) is 19.6 Å². The van der Waals surface area contributed by atoms with Crippen LogP contribution in [0.5, 0.6) is 0 Å². The number of carbonyl (C=O) groups excluding carboxylic acids is 2. The molecule has 1 aliphatic heterocycles. The van der Waals surface area contributed by atoms with Crippen LogP contribution in [0.1, 0.15) is 36.0 Å². The normalized spacial score (nSPS) is 19.3. The highest BCUT2D eigenvalue weighted by atomic mass is 35.5. The van der Waals surface area contributed by atoms with E-state index >= 15 is 0 Å². The van der Waals surface area contributed by atoms with Crippen LogP contribution in [0.15, 0.2) is 24.3 Å². The average Bonchev–Trinajstić information content (AvgIpc) is 3.33. The number of halogens is 1. The minimum atomic E-state index is -0.0857. The van der Waals surface area contributed by atoms with Crippen LogP contribution in [-0.2, 0) is 4.79 Å². The average molecular weight is 336 g/mol. The smallest absolute Gasteiger partial charge is 0.251 e. The molecule has 3 rings (SSSR count). The summed E-state index contributed by atoms with van der Waals surface area (Å²) in [5, 5.41) is 6.63. The maximum absolute atomic E-state index is 12.2. The molecule has 1 saturated heterocycles. The van der Waals surface area contributed by atoms with Crippen LogP contribution in [0.25, 0.3) is 0 Å². The number of likely N-dealkylation sites (tertiary alicyclic amines) is 1. The van der Waals surface area contributed by atoms with Crippen molar-refractivity contribution in [1.29, 1.82) is 0 Å². The quantitative estimate of drug-likeness (QED) is 0.862. The molecule has 1 heterocycles. The molecule has 0 aromatic heterocycles. The summed E-state index contributed by atoms with van der Waals surface area (Å²) in [7, 11) is 0.